The second-order valence-corrected chi connectivity index (χ2v) is 5.59. The first-order chi connectivity index (χ1) is 8.99. The fourth-order valence-corrected chi connectivity index (χ4v) is 2.25. The molecule has 0 spiro atoms. The zero-order valence-electron chi connectivity index (χ0n) is 11.7. The number of hydrogen-bond acceptors (Lipinski definition) is 3. The fourth-order valence-electron chi connectivity index (χ4n) is 2.25. The molecule has 0 heterocycles. The van der Waals surface area contributed by atoms with Crippen LogP contribution >= 0.6 is 0 Å². The van der Waals surface area contributed by atoms with E-state index in [9.17, 15) is 22.4 Å². The highest BCUT2D eigenvalue weighted by atomic mass is 19.3. The molecule has 0 aromatic carbocycles. The van der Waals surface area contributed by atoms with Crippen molar-refractivity contribution >= 4 is 5.91 Å². The van der Waals surface area contributed by atoms with Crippen molar-refractivity contribution in [3.8, 4) is 0 Å². The summed E-state index contributed by atoms with van der Waals surface area (Å²) in [5.41, 5.74) is 3.77. The summed E-state index contributed by atoms with van der Waals surface area (Å²) in [6.45, 7) is 4.16. The van der Waals surface area contributed by atoms with Gasteiger partial charge in [0.05, 0.1) is 12.6 Å². The van der Waals surface area contributed by atoms with Gasteiger partial charge < -0.3 is 15.8 Å². The third kappa shape index (κ3) is 2.76. The van der Waals surface area contributed by atoms with Crippen LogP contribution in [0.15, 0.2) is 0 Å². The van der Waals surface area contributed by atoms with Gasteiger partial charge in [0.1, 0.15) is 5.54 Å². The molecule has 8 heteroatoms. The Kier molecular flexibility index (Phi) is 4.70. The average molecular weight is 300 g/mol. The minimum atomic E-state index is -4.26. The first kappa shape index (κ1) is 17.2. The Balaban J connectivity index is 2.65. The summed E-state index contributed by atoms with van der Waals surface area (Å²) >= 11 is 0. The van der Waals surface area contributed by atoms with Gasteiger partial charge in [-0.2, -0.15) is 8.78 Å². The summed E-state index contributed by atoms with van der Waals surface area (Å²) in [5.74, 6) is -5.13. The second kappa shape index (κ2) is 5.48. The first-order valence-corrected chi connectivity index (χ1v) is 6.33. The van der Waals surface area contributed by atoms with E-state index in [0.29, 0.717) is 6.61 Å². The van der Waals surface area contributed by atoms with Crippen LogP contribution in [0.4, 0.5) is 17.6 Å². The lowest BCUT2D eigenvalue weighted by atomic mass is 9.54. The average Bonchev–Trinajstić information content (AvgIpc) is 2.35. The van der Waals surface area contributed by atoms with Crippen LogP contribution in [-0.4, -0.2) is 43.0 Å². The maximum atomic E-state index is 12.8. The fraction of sp³-hybridized carbons (Fsp3) is 0.917. The molecule has 0 saturated heterocycles. The van der Waals surface area contributed by atoms with Gasteiger partial charge in [0.15, 0.2) is 0 Å². The SMILES string of the molecule is CCOC1CC(N)(C(=O)NCC(F)(F)C(F)F)C1(C)C. The van der Waals surface area contributed by atoms with Crippen LogP contribution in [0, 0.1) is 5.41 Å². The minimum Gasteiger partial charge on any atom is -0.378 e. The zero-order chi connectivity index (χ0) is 15.8. The number of carbonyl (C=O) groups is 1. The van der Waals surface area contributed by atoms with Crippen molar-refractivity contribution in [1.29, 1.82) is 0 Å². The third-order valence-corrected chi connectivity index (χ3v) is 4.04. The summed E-state index contributed by atoms with van der Waals surface area (Å²) in [5, 5.41) is 1.82. The van der Waals surface area contributed by atoms with Gasteiger partial charge in [-0.1, -0.05) is 13.8 Å². The number of alkyl halides is 4. The lowest BCUT2D eigenvalue weighted by Crippen LogP contribution is -2.76. The van der Waals surface area contributed by atoms with Gasteiger partial charge in [-0.05, 0) is 6.92 Å². The number of rotatable bonds is 6. The van der Waals surface area contributed by atoms with E-state index in [1.165, 1.54) is 0 Å². The molecule has 1 fully saturated rings. The summed E-state index contributed by atoms with van der Waals surface area (Å²) in [4.78, 5) is 11.9. The lowest BCUT2D eigenvalue weighted by Gasteiger charge is -2.57. The number of ether oxygens (including phenoxy) is 1. The largest absolute Gasteiger partial charge is 0.378 e. The lowest BCUT2D eigenvalue weighted by molar-refractivity contribution is -0.174. The summed E-state index contributed by atoms with van der Waals surface area (Å²) in [6.07, 6.45) is -3.93. The Morgan fingerprint density at radius 2 is 2.05 bits per heavy atom. The summed E-state index contributed by atoms with van der Waals surface area (Å²) in [6, 6.07) is 0. The van der Waals surface area contributed by atoms with Gasteiger partial charge in [0.2, 0.25) is 5.91 Å². The van der Waals surface area contributed by atoms with Crippen LogP contribution in [0.2, 0.25) is 0 Å². The molecule has 0 aliphatic heterocycles. The van der Waals surface area contributed by atoms with E-state index in [4.69, 9.17) is 10.5 Å². The molecule has 0 aromatic rings. The molecule has 1 aliphatic carbocycles. The molecule has 2 atom stereocenters. The van der Waals surface area contributed by atoms with Gasteiger partial charge in [-0.3, -0.25) is 4.79 Å². The molecule has 1 saturated carbocycles. The maximum absolute atomic E-state index is 12.8. The number of nitrogens with one attached hydrogen (secondary N) is 1. The molecule has 1 rings (SSSR count). The van der Waals surface area contributed by atoms with E-state index in [1.54, 1.807) is 20.8 Å². The highest BCUT2D eigenvalue weighted by Gasteiger charge is 2.63. The van der Waals surface area contributed by atoms with E-state index in [1.807, 2.05) is 5.32 Å². The summed E-state index contributed by atoms with van der Waals surface area (Å²) in [7, 11) is 0. The van der Waals surface area contributed by atoms with Crippen LogP contribution < -0.4 is 11.1 Å². The predicted octanol–water partition coefficient (Wildman–Crippen LogP) is 1.54. The third-order valence-electron chi connectivity index (χ3n) is 4.04. The van der Waals surface area contributed by atoms with Crippen molar-refractivity contribution in [1.82, 2.24) is 5.32 Å². The Morgan fingerprint density at radius 3 is 2.45 bits per heavy atom. The Bertz CT molecular complexity index is 376. The molecule has 0 bridgehead atoms. The van der Waals surface area contributed by atoms with Crippen molar-refractivity contribution < 1.29 is 27.1 Å². The molecule has 2 unspecified atom stereocenters. The van der Waals surface area contributed by atoms with E-state index >= 15 is 0 Å². The molecule has 0 radical (unpaired) electrons. The topological polar surface area (TPSA) is 64.3 Å². The second-order valence-electron chi connectivity index (χ2n) is 5.59. The van der Waals surface area contributed by atoms with Gasteiger partial charge in [0.25, 0.3) is 0 Å². The van der Waals surface area contributed by atoms with Crippen molar-refractivity contribution in [3.05, 3.63) is 0 Å². The molecule has 1 amide bonds. The van der Waals surface area contributed by atoms with Crippen LogP contribution in [0.5, 0.6) is 0 Å². The van der Waals surface area contributed by atoms with Gasteiger partial charge in [-0.25, -0.2) is 8.78 Å². The molecule has 3 N–H and O–H groups in total. The highest BCUT2D eigenvalue weighted by molar-refractivity contribution is 5.88. The van der Waals surface area contributed by atoms with E-state index in [0.717, 1.165) is 0 Å². The number of halogens is 4. The van der Waals surface area contributed by atoms with Crippen LogP contribution in [0.3, 0.4) is 0 Å². The van der Waals surface area contributed by atoms with Crippen molar-refractivity contribution in [2.24, 2.45) is 11.1 Å². The van der Waals surface area contributed by atoms with E-state index in [-0.39, 0.29) is 12.5 Å². The smallest absolute Gasteiger partial charge is 0.324 e. The van der Waals surface area contributed by atoms with E-state index < -0.39 is 35.8 Å². The maximum Gasteiger partial charge on any atom is 0.324 e. The quantitative estimate of drug-likeness (QED) is 0.731. The van der Waals surface area contributed by atoms with Gasteiger partial charge >= 0.3 is 12.3 Å². The van der Waals surface area contributed by atoms with Crippen molar-refractivity contribution in [2.75, 3.05) is 13.2 Å². The molecular weight excluding hydrogens is 280 g/mol. The van der Waals surface area contributed by atoms with Crippen molar-refractivity contribution in [2.45, 2.75) is 51.2 Å². The molecule has 1 aliphatic rings. The molecule has 118 valence electrons. The molecular formula is C12H20F4N2O2. The standard InChI is InChI=1S/C12H20F4N2O2/c1-4-20-7-5-11(17,10(7,2)3)9(19)18-6-12(15,16)8(13)14/h7-8H,4-6,17H2,1-3H3,(H,18,19). The normalized spacial score (nSPS) is 29.1. The number of nitrogens with two attached hydrogens (primary N) is 1. The van der Waals surface area contributed by atoms with Crippen LogP contribution in [0.25, 0.3) is 0 Å². The monoisotopic (exact) mass is 300 g/mol. The van der Waals surface area contributed by atoms with Crippen LogP contribution in [-0.2, 0) is 9.53 Å². The number of hydrogen-bond donors (Lipinski definition) is 2. The predicted molar refractivity (Wildman–Crippen MR) is 64.7 cm³/mol. The Morgan fingerprint density at radius 1 is 1.50 bits per heavy atom. The zero-order valence-corrected chi connectivity index (χ0v) is 11.7. The minimum absolute atomic E-state index is 0.167. The highest BCUT2D eigenvalue weighted by Crippen LogP contribution is 2.49. The van der Waals surface area contributed by atoms with Gasteiger partial charge in [0, 0.05) is 18.4 Å². The molecule has 0 aromatic heterocycles. The van der Waals surface area contributed by atoms with E-state index in [2.05, 4.69) is 0 Å². The number of carbonyl (C=O) groups excluding carboxylic acids is 1. The Hall–Kier alpha value is -0.890. The summed E-state index contributed by atoms with van der Waals surface area (Å²) < 4.78 is 55.0. The number of amides is 1. The first-order valence-electron chi connectivity index (χ1n) is 6.33. The molecule has 4 nitrogen and oxygen atoms in total. The Labute approximate surface area is 115 Å². The molecule has 20 heavy (non-hydrogen) atoms. The van der Waals surface area contributed by atoms with Gasteiger partial charge in [-0.15, -0.1) is 0 Å². The van der Waals surface area contributed by atoms with Crippen molar-refractivity contribution in [3.63, 3.8) is 0 Å². The van der Waals surface area contributed by atoms with Crippen LogP contribution in [0.1, 0.15) is 27.2 Å².